The Morgan fingerprint density at radius 1 is 1.00 bits per heavy atom. The highest BCUT2D eigenvalue weighted by Gasteiger charge is 2.18. The molecule has 3 nitrogen and oxygen atoms in total. The van der Waals surface area contributed by atoms with Gasteiger partial charge in [-0.25, -0.2) is 4.39 Å². The van der Waals surface area contributed by atoms with E-state index in [-0.39, 0.29) is 24.3 Å². The summed E-state index contributed by atoms with van der Waals surface area (Å²) in [6, 6.07) is 12.6. The first-order valence-electron chi connectivity index (χ1n) is 8.31. The molecule has 1 aliphatic rings. The first-order chi connectivity index (χ1) is 11.8. The van der Waals surface area contributed by atoms with Crippen molar-refractivity contribution in [2.24, 2.45) is 0 Å². The van der Waals surface area contributed by atoms with Crippen molar-refractivity contribution in [3.05, 3.63) is 60.7 Å². The fourth-order valence-corrected chi connectivity index (χ4v) is 3.25. The molecule has 0 unspecified atom stereocenters. The summed E-state index contributed by atoms with van der Waals surface area (Å²) in [6.45, 7) is 1.96. The molecule has 1 fully saturated rings. The third kappa shape index (κ3) is 3.75. The monoisotopic (exact) mass is 358 g/mol. The number of piperidine rings is 1. The molecule has 2 aromatic carbocycles. The average molecular weight is 359 g/mol. The van der Waals surface area contributed by atoms with Crippen LogP contribution in [0.2, 0.25) is 0 Å². The minimum atomic E-state index is -0.235. The Kier molecular flexibility index (Phi) is 5.51. The molecule has 0 aliphatic carbocycles. The predicted octanol–water partition coefficient (Wildman–Crippen LogP) is 4.59. The van der Waals surface area contributed by atoms with Crippen LogP contribution >= 0.6 is 12.4 Å². The van der Waals surface area contributed by atoms with Crippen LogP contribution in [-0.2, 0) is 0 Å². The van der Waals surface area contributed by atoms with Crippen LogP contribution in [0.1, 0.15) is 12.8 Å². The molecular formula is C20H20ClFN2O. The van der Waals surface area contributed by atoms with E-state index in [4.69, 9.17) is 4.74 Å². The fourth-order valence-electron chi connectivity index (χ4n) is 3.25. The van der Waals surface area contributed by atoms with E-state index >= 15 is 0 Å². The number of pyridine rings is 1. The molecule has 1 aliphatic heterocycles. The van der Waals surface area contributed by atoms with Gasteiger partial charge in [0.15, 0.2) is 0 Å². The quantitative estimate of drug-likeness (QED) is 0.743. The van der Waals surface area contributed by atoms with Gasteiger partial charge in [-0.1, -0.05) is 12.1 Å². The zero-order chi connectivity index (χ0) is 16.4. The third-order valence-electron chi connectivity index (χ3n) is 4.49. The smallest absolute Gasteiger partial charge is 0.128 e. The molecule has 1 aromatic heterocycles. The second-order valence-corrected chi connectivity index (χ2v) is 6.11. The van der Waals surface area contributed by atoms with Gasteiger partial charge in [-0.15, -0.1) is 12.4 Å². The Balaban J connectivity index is 0.00000182. The van der Waals surface area contributed by atoms with E-state index in [1.807, 2.05) is 24.4 Å². The number of hydrogen-bond acceptors (Lipinski definition) is 3. The summed E-state index contributed by atoms with van der Waals surface area (Å²) in [5, 5.41) is 5.48. The molecule has 0 spiro atoms. The number of fused-ring (bicyclic) bond motifs is 1. The van der Waals surface area contributed by atoms with E-state index in [2.05, 4.69) is 10.3 Å². The molecule has 4 rings (SSSR count). The van der Waals surface area contributed by atoms with E-state index in [0.29, 0.717) is 0 Å². The molecule has 2 heterocycles. The molecule has 0 radical (unpaired) electrons. The van der Waals surface area contributed by atoms with E-state index in [9.17, 15) is 4.39 Å². The zero-order valence-corrected chi connectivity index (χ0v) is 14.6. The minimum Gasteiger partial charge on any atom is -0.490 e. The van der Waals surface area contributed by atoms with E-state index < -0.39 is 0 Å². The molecule has 25 heavy (non-hydrogen) atoms. The molecular weight excluding hydrogens is 339 g/mol. The maximum absolute atomic E-state index is 13.3. The van der Waals surface area contributed by atoms with Crippen molar-refractivity contribution in [3.63, 3.8) is 0 Å². The number of halogens is 2. The molecule has 5 heteroatoms. The van der Waals surface area contributed by atoms with Crippen LogP contribution in [0.3, 0.4) is 0 Å². The number of nitrogens with zero attached hydrogens (tertiary/aromatic N) is 1. The van der Waals surface area contributed by atoms with Crippen LogP contribution in [0.5, 0.6) is 5.75 Å². The lowest BCUT2D eigenvalue weighted by atomic mass is 9.98. The number of benzene rings is 2. The third-order valence-corrected chi connectivity index (χ3v) is 4.49. The topological polar surface area (TPSA) is 34.1 Å². The molecule has 0 saturated carbocycles. The standard InChI is InChI=1S/C20H19FN2O.ClH/c21-16-4-1-14(2-5-16)20-18-9-12-23-13-15(18)3-6-19(20)24-17-7-10-22-11-8-17;/h1-6,9,12-13,17,22H,7-8,10-11H2;1H. The second-order valence-electron chi connectivity index (χ2n) is 6.11. The van der Waals surface area contributed by atoms with Crippen LogP contribution < -0.4 is 10.1 Å². The minimum absolute atomic E-state index is 0. The largest absolute Gasteiger partial charge is 0.490 e. The molecule has 0 atom stereocenters. The van der Waals surface area contributed by atoms with E-state index in [1.165, 1.54) is 12.1 Å². The average Bonchev–Trinajstić information content (AvgIpc) is 2.63. The normalized spacial score (nSPS) is 14.9. The Bertz CT molecular complexity index is 848. The van der Waals surface area contributed by atoms with Crippen LogP contribution in [-0.4, -0.2) is 24.2 Å². The molecule has 1 saturated heterocycles. The van der Waals surface area contributed by atoms with Crippen molar-refractivity contribution in [2.45, 2.75) is 18.9 Å². The SMILES string of the molecule is Cl.Fc1ccc(-c2c(OC3CCNCC3)ccc3cnccc23)cc1. The number of hydrogen-bond donors (Lipinski definition) is 1. The van der Waals surface area contributed by atoms with Crippen molar-refractivity contribution in [2.75, 3.05) is 13.1 Å². The first-order valence-corrected chi connectivity index (χ1v) is 8.31. The Morgan fingerprint density at radius 3 is 2.52 bits per heavy atom. The van der Waals surface area contributed by atoms with Crippen molar-refractivity contribution in [1.82, 2.24) is 10.3 Å². The first kappa shape index (κ1) is 17.6. The highest BCUT2D eigenvalue weighted by molar-refractivity contribution is 5.99. The summed E-state index contributed by atoms with van der Waals surface area (Å²) in [4.78, 5) is 4.20. The van der Waals surface area contributed by atoms with Crippen LogP contribution in [0, 0.1) is 5.82 Å². The zero-order valence-electron chi connectivity index (χ0n) is 13.7. The van der Waals surface area contributed by atoms with Crippen molar-refractivity contribution in [1.29, 1.82) is 0 Å². The highest BCUT2D eigenvalue weighted by atomic mass is 35.5. The van der Waals surface area contributed by atoms with Crippen molar-refractivity contribution >= 4 is 23.2 Å². The van der Waals surface area contributed by atoms with Gasteiger partial charge in [0.2, 0.25) is 0 Å². The lowest BCUT2D eigenvalue weighted by Gasteiger charge is -2.25. The van der Waals surface area contributed by atoms with Gasteiger partial charge in [-0.05, 0) is 67.2 Å². The Labute approximate surface area is 152 Å². The predicted molar refractivity (Wildman–Crippen MR) is 101 cm³/mol. The fraction of sp³-hybridized carbons (Fsp3) is 0.250. The maximum atomic E-state index is 13.3. The summed E-state index contributed by atoms with van der Waals surface area (Å²) in [5.41, 5.74) is 1.96. The second kappa shape index (κ2) is 7.81. The van der Waals surface area contributed by atoms with Crippen LogP contribution in [0.15, 0.2) is 54.9 Å². The van der Waals surface area contributed by atoms with E-state index in [0.717, 1.165) is 53.6 Å². The van der Waals surface area contributed by atoms with Crippen molar-refractivity contribution < 1.29 is 9.13 Å². The number of rotatable bonds is 3. The summed E-state index contributed by atoms with van der Waals surface area (Å²) in [7, 11) is 0. The Morgan fingerprint density at radius 2 is 1.76 bits per heavy atom. The molecule has 3 aromatic rings. The molecule has 0 amide bonds. The van der Waals surface area contributed by atoms with Gasteiger partial charge in [-0.2, -0.15) is 0 Å². The van der Waals surface area contributed by atoms with Crippen LogP contribution in [0.25, 0.3) is 21.9 Å². The number of ether oxygens (including phenoxy) is 1. The van der Waals surface area contributed by atoms with Gasteiger partial charge in [0.1, 0.15) is 17.7 Å². The highest BCUT2D eigenvalue weighted by Crippen LogP contribution is 2.38. The lowest BCUT2D eigenvalue weighted by Crippen LogP contribution is -2.34. The summed E-state index contributed by atoms with van der Waals surface area (Å²) in [6.07, 6.45) is 5.83. The number of aromatic nitrogens is 1. The summed E-state index contributed by atoms with van der Waals surface area (Å²) >= 11 is 0. The Hall–Kier alpha value is -2.17. The van der Waals surface area contributed by atoms with Crippen LogP contribution in [0.4, 0.5) is 4.39 Å². The molecule has 1 N–H and O–H groups in total. The number of nitrogens with one attached hydrogen (secondary N) is 1. The van der Waals surface area contributed by atoms with Gasteiger partial charge in [0.25, 0.3) is 0 Å². The molecule has 0 bridgehead atoms. The lowest BCUT2D eigenvalue weighted by molar-refractivity contribution is 0.163. The van der Waals surface area contributed by atoms with Gasteiger partial charge in [-0.3, -0.25) is 4.98 Å². The maximum Gasteiger partial charge on any atom is 0.128 e. The summed E-state index contributed by atoms with van der Waals surface area (Å²) < 4.78 is 19.7. The van der Waals surface area contributed by atoms with Gasteiger partial charge < -0.3 is 10.1 Å². The van der Waals surface area contributed by atoms with Gasteiger partial charge in [0.05, 0.1) is 0 Å². The van der Waals surface area contributed by atoms with E-state index in [1.54, 1.807) is 18.3 Å². The van der Waals surface area contributed by atoms with Crippen molar-refractivity contribution in [3.8, 4) is 16.9 Å². The summed E-state index contributed by atoms with van der Waals surface area (Å²) in [5.74, 6) is 0.619. The van der Waals surface area contributed by atoms with Gasteiger partial charge in [0, 0.05) is 23.3 Å². The molecule has 130 valence electrons. The van der Waals surface area contributed by atoms with Gasteiger partial charge >= 0.3 is 0 Å².